The molecule has 2 amide bonds. The van der Waals surface area contributed by atoms with Gasteiger partial charge in [-0.3, -0.25) is 14.5 Å². The van der Waals surface area contributed by atoms with Crippen LogP contribution < -0.4 is 5.32 Å². The van der Waals surface area contributed by atoms with Gasteiger partial charge in [0.05, 0.1) is 6.54 Å². The quantitative estimate of drug-likeness (QED) is 0.811. The van der Waals surface area contributed by atoms with Crippen molar-refractivity contribution in [3.63, 3.8) is 0 Å². The number of amides is 2. The van der Waals surface area contributed by atoms with Gasteiger partial charge in [0.25, 0.3) is 0 Å². The molecule has 2 aliphatic heterocycles. The topological polar surface area (TPSA) is 52.7 Å². The molecule has 6 heteroatoms. The maximum absolute atomic E-state index is 13.6. The Morgan fingerprint density at radius 2 is 1.84 bits per heavy atom. The number of carbonyl (C=O) groups excluding carboxylic acids is 2. The first kappa shape index (κ1) is 21.5. The summed E-state index contributed by atoms with van der Waals surface area (Å²) in [5.74, 6) is 0.232. The lowest BCUT2D eigenvalue weighted by Gasteiger charge is -2.40. The van der Waals surface area contributed by atoms with Crippen molar-refractivity contribution < 1.29 is 14.0 Å². The summed E-state index contributed by atoms with van der Waals surface area (Å²) in [6, 6.07) is 12.1. The summed E-state index contributed by atoms with van der Waals surface area (Å²) >= 11 is 0. The van der Waals surface area contributed by atoms with Crippen LogP contribution in [0.3, 0.4) is 0 Å². The number of piperidine rings is 1. The van der Waals surface area contributed by atoms with Gasteiger partial charge < -0.3 is 10.2 Å². The molecule has 5 nitrogen and oxygen atoms in total. The van der Waals surface area contributed by atoms with E-state index in [0.717, 1.165) is 37.9 Å². The van der Waals surface area contributed by atoms with Crippen LogP contribution in [0.15, 0.2) is 42.5 Å². The summed E-state index contributed by atoms with van der Waals surface area (Å²) in [6.45, 7) is 6.20. The molecule has 0 unspecified atom stereocenters. The average Bonchev–Trinajstić information content (AvgIpc) is 2.76. The first-order valence-electron chi connectivity index (χ1n) is 11.1. The number of benzene rings is 2. The predicted molar refractivity (Wildman–Crippen MR) is 119 cm³/mol. The molecule has 2 aromatic rings. The van der Waals surface area contributed by atoms with Crippen LogP contribution in [0.4, 0.5) is 10.1 Å². The number of aryl methyl sites for hydroxylation is 1. The number of anilines is 1. The van der Waals surface area contributed by atoms with E-state index in [1.807, 2.05) is 28.0 Å². The Morgan fingerprint density at radius 1 is 1.10 bits per heavy atom. The first-order chi connectivity index (χ1) is 14.9. The molecular formula is C25H30FN3O2. The van der Waals surface area contributed by atoms with E-state index in [1.165, 1.54) is 11.6 Å². The number of hydrogen-bond acceptors (Lipinski definition) is 3. The largest absolute Gasteiger partial charge is 0.341 e. The first-order valence-corrected chi connectivity index (χ1v) is 11.1. The van der Waals surface area contributed by atoms with Gasteiger partial charge in [-0.15, -0.1) is 0 Å². The second kappa shape index (κ2) is 9.18. The molecule has 164 valence electrons. The van der Waals surface area contributed by atoms with Crippen molar-refractivity contribution in [1.29, 1.82) is 0 Å². The van der Waals surface area contributed by atoms with Crippen LogP contribution in [0.25, 0.3) is 0 Å². The van der Waals surface area contributed by atoms with Crippen molar-refractivity contribution in [2.45, 2.75) is 39.2 Å². The SMILES string of the molecule is Cc1cc(NC(=O)CN2CCc3ccccc3[C@H]2C(=O)N2CCC(C)CC2)ccc1F. The molecule has 31 heavy (non-hydrogen) atoms. The molecule has 2 heterocycles. The molecule has 4 rings (SSSR count). The minimum absolute atomic E-state index is 0.0875. The van der Waals surface area contributed by atoms with Crippen LogP contribution in [0, 0.1) is 18.7 Å². The monoisotopic (exact) mass is 423 g/mol. The Labute approximate surface area is 183 Å². The van der Waals surface area contributed by atoms with Gasteiger partial charge in [0.1, 0.15) is 11.9 Å². The fourth-order valence-electron chi connectivity index (χ4n) is 4.59. The van der Waals surface area contributed by atoms with Crippen LogP contribution >= 0.6 is 0 Å². The van der Waals surface area contributed by atoms with E-state index < -0.39 is 6.04 Å². The van der Waals surface area contributed by atoms with Gasteiger partial charge >= 0.3 is 0 Å². The molecule has 1 fully saturated rings. The van der Waals surface area contributed by atoms with Crippen LogP contribution in [0.5, 0.6) is 0 Å². The van der Waals surface area contributed by atoms with E-state index in [4.69, 9.17) is 0 Å². The van der Waals surface area contributed by atoms with Gasteiger partial charge in [-0.2, -0.15) is 0 Å². The molecule has 0 bridgehead atoms. The van der Waals surface area contributed by atoms with E-state index in [0.29, 0.717) is 23.7 Å². The minimum Gasteiger partial charge on any atom is -0.341 e. The molecule has 1 saturated heterocycles. The van der Waals surface area contributed by atoms with Gasteiger partial charge in [0, 0.05) is 25.3 Å². The predicted octanol–water partition coefficient (Wildman–Crippen LogP) is 3.93. The highest BCUT2D eigenvalue weighted by atomic mass is 19.1. The normalized spacial score (nSPS) is 19.7. The second-order valence-corrected chi connectivity index (χ2v) is 8.84. The summed E-state index contributed by atoms with van der Waals surface area (Å²) < 4.78 is 13.5. The number of nitrogens with zero attached hydrogens (tertiary/aromatic N) is 2. The molecule has 0 spiro atoms. The van der Waals surface area contributed by atoms with E-state index in [-0.39, 0.29) is 24.2 Å². The Bertz CT molecular complexity index is 969. The molecule has 0 saturated carbocycles. The Morgan fingerprint density at radius 3 is 2.58 bits per heavy atom. The molecular weight excluding hydrogens is 393 g/mol. The highest BCUT2D eigenvalue weighted by Gasteiger charge is 2.37. The zero-order valence-corrected chi connectivity index (χ0v) is 18.2. The third-order valence-corrected chi connectivity index (χ3v) is 6.50. The van der Waals surface area contributed by atoms with Gasteiger partial charge in [-0.05, 0) is 67.0 Å². The van der Waals surface area contributed by atoms with Gasteiger partial charge in [-0.1, -0.05) is 31.2 Å². The van der Waals surface area contributed by atoms with Crippen molar-refractivity contribution in [2.24, 2.45) is 5.92 Å². The summed E-state index contributed by atoms with van der Waals surface area (Å²) in [4.78, 5) is 30.3. The zero-order chi connectivity index (χ0) is 22.0. The number of carbonyl (C=O) groups is 2. The van der Waals surface area contributed by atoms with Crippen molar-refractivity contribution in [1.82, 2.24) is 9.80 Å². The molecule has 2 aliphatic rings. The molecule has 1 N–H and O–H groups in total. The molecule has 0 aromatic heterocycles. The Hall–Kier alpha value is -2.73. The van der Waals surface area contributed by atoms with Crippen LogP contribution in [-0.4, -0.2) is 47.8 Å². The third kappa shape index (κ3) is 4.79. The average molecular weight is 424 g/mol. The summed E-state index contributed by atoms with van der Waals surface area (Å²) in [5.41, 5.74) is 3.23. The highest BCUT2D eigenvalue weighted by Crippen LogP contribution is 2.32. The van der Waals surface area contributed by atoms with Crippen molar-refractivity contribution >= 4 is 17.5 Å². The Kier molecular flexibility index (Phi) is 6.37. The number of nitrogens with one attached hydrogen (secondary N) is 1. The molecule has 0 aliphatic carbocycles. The summed E-state index contributed by atoms with van der Waals surface area (Å²) in [6.07, 6.45) is 2.84. The van der Waals surface area contributed by atoms with Gasteiger partial charge in [-0.25, -0.2) is 4.39 Å². The fourth-order valence-corrected chi connectivity index (χ4v) is 4.59. The van der Waals surface area contributed by atoms with Crippen molar-refractivity contribution in [3.05, 3.63) is 65.0 Å². The van der Waals surface area contributed by atoms with E-state index in [9.17, 15) is 14.0 Å². The molecule has 0 radical (unpaired) electrons. The van der Waals surface area contributed by atoms with Crippen LogP contribution in [0.1, 0.15) is 42.5 Å². The maximum Gasteiger partial charge on any atom is 0.244 e. The second-order valence-electron chi connectivity index (χ2n) is 8.84. The smallest absolute Gasteiger partial charge is 0.244 e. The summed E-state index contributed by atoms with van der Waals surface area (Å²) in [5, 5.41) is 2.85. The molecule has 2 aromatic carbocycles. The van der Waals surface area contributed by atoms with Crippen molar-refractivity contribution in [2.75, 3.05) is 31.5 Å². The van der Waals surface area contributed by atoms with E-state index >= 15 is 0 Å². The lowest BCUT2D eigenvalue weighted by molar-refractivity contribution is -0.139. The van der Waals surface area contributed by atoms with E-state index in [1.54, 1.807) is 19.1 Å². The standard InChI is InChI=1S/C25H30FN3O2/c1-17-9-12-28(13-10-17)25(31)24-21-6-4-3-5-19(21)11-14-29(24)16-23(30)27-20-7-8-22(26)18(2)15-20/h3-8,15,17,24H,9-14,16H2,1-2H3,(H,27,30)/t24-/m0/s1. The maximum atomic E-state index is 13.6. The van der Waals surface area contributed by atoms with Gasteiger partial charge in [0.15, 0.2) is 0 Å². The number of halogens is 1. The third-order valence-electron chi connectivity index (χ3n) is 6.50. The zero-order valence-electron chi connectivity index (χ0n) is 18.2. The fraction of sp³-hybridized carbons (Fsp3) is 0.440. The number of likely N-dealkylation sites (tertiary alicyclic amines) is 1. The lowest BCUT2D eigenvalue weighted by Crippen LogP contribution is -2.50. The number of fused-ring (bicyclic) bond motifs is 1. The molecule has 1 atom stereocenters. The Balaban J connectivity index is 1.53. The lowest BCUT2D eigenvalue weighted by atomic mass is 9.90. The number of hydrogen-bond donors (Lipinski definition) is 1. The van der Waals surface area contributed by atoms with Crippen LogP contribution in [-0.2, 0) is 16.0 Å². The van der Waals surface area contributed by atoms with Gasteiger partial charge in [0.2, 0.25) is 11.8 Å². The van der Waals surface area contributed by atoms with E-state index in [2.05, 4.69) is 18.3 Å². The highest BCUT2D eigenvalue weighted by molar-refractivity contribution is 5.93. The minimum atomic E-state index is -0.445. The van der Waals surface area contributed by atoms with Crippen LogP contribution in [0.2, 0.25) is 0 Å². The summed E-state index contributed by atoms with van der Waals surface area (Å²) in [7, 11) is 0. The van der Waals surface area contributed by atoms with Crippen molar-refractivity contribution in [3.8, 4) is 0 Å². The number of rotatable bonds is 4.